The van der Waals surface area contributed by atoms with Crippen LogP contribution < -0.4 is 5.73 Å². The number of nitrogens with zero attached hydrogens (tertiary/aromatic N) is 4. The summed E-state index contributed by atoms with van der Waals surface area (Å²) >= 11 is 0. The summed E-state index contributed by atoms with van der Waals surface area (Å²) in [4.78, 5) is 35.3. The van der Waals surface area contributed by atoms with E-state index in [1.807, 2.05) is 20.8 Å². The van der Waals surface area contributed by atoms with Crippen molar-refractivity contribution in [2.24, 2.45) is 0 Å². The molecule has 0 atom stereocenters. The molecule has 1 saturated heterocycles. The summed E-state index contributed by atoms with van der Waals surface area (Å²) in [5, 5.41) is 0. The van der Waals surface area contributed by atoms with Crippen LogP contribution in [0.3, 0.4) is 0 Å². The average Bonchev–Trinajstić information content (AvgIpc) is 2.45. The summed E-state index contributed by atoms with van der Waals surface area (Å²) in [5.74, 6) is -0.156. The molecule has 0 unspecified atom stereocenters. The van der Waals surface area contributed by atoms with Crippen LogP contribution >= 0.6 is 0 Å². The van der Waals surface area contributed by atoms with Crippen molar-refractivity contribution in [3.8, 4) is 0 Å². The predicted molar refractivity (Wildman–Crippen MR) is 80.2 cm³/mol. The number of carbonyl (C=O) groups is 2. The molecule has 0 saturated carbocycles. The van der Waals surface area contributed by atoms with E-state index in [0.29, 0.717) is 26.2 Å². The SMILES string of the molecule is CC(C)(C)OC(=O)N1CCN(C(=O)c2nccnc2N)CC1. The van der Waals surface area contributed by atoms with Gasteiger partial charge in [0.2, 0.25) is 0 Å². The Kier molecular flexibility index (Phi) is 4.48. The standard InChI is InChI=1S/C14H21N5O3/c1-14(2,3)22-13(21)19-8-6-18(7-9-19)12(20)10-11(15)17-5-4-16-10/h4-5H,6-9H2,1-3H3,(H2,15,17). The van der Waals surface area contributed by atoms with Crippen molar-refractivity contribution >= 4 is 17.8 Å². The maximum Gasteiger partial charge on any atom is 0.410 e. The van der Waals surface area contributed by atoms with Crippen LogP contribution in [0.4, 0.5) is 10.6 Å². The van der Waals surface area contributed by atoms with Gasteiger partial charge in [-0.2, -0.15) is 0 Å². The number of amides is 2. The van der Waals surface area contributed by atoms with Crippen LogP contribution in [0.5, 0.6) is 0 Å². The normalized spacial score (nSPS) is 15.6. The highest BCUT2D eigenvalue weighted by atomic mass is 16.6. The molecule has 0 aromatic carbocycles. The molecule has 1 aromatic heterocycles. The molecule has 8 nitrogen and oxygen atoms in total. The molecular weight excluding hydrogens is 286 g/mol. The van der Waals surface area contributed by atoms with E-state index in [9.17, 15) is 9.59 Å². The minimum absolute atomic E-state index is 0.113. The molecule has 120 valence electrons. The summed E-state index contributed by atoms with van der Waals surface area (Å²) < 4.78 is 5.32. The third-order valence-electron chi connectivity index (χ3n) is 3.15. The number of aromatic nitrogens is 2. The third-order valence-corrected chi connectivity index (χ3v) is 3.15. The average molecular weight is 307 g/mol. The minimum Gasteiger partial charge on any atom is -0.444 e. The van der Waals surface area contributed by atoms with E-state index < -0.39 is 5.60 Å². The first-order valence-corrected chi connectivity index (χ1v) is 7.11. The van der Waals surface area contributed by atoms with Crippen LogP contribution in [0, 0.1) is 0 Å². The van der Waals surface area contributed by atoms with Crippen molar-refractivity contribution in [2.75, 3.05) is 31.9 Å². The van der Waals surface area contributed by atoms with Gasteiger partial charge in [-0.25, -0.2) is 14.8 Å². The monoisotopic (exact) mass is 307 g/mol. The Hall–Kier alpha value is -2.38. The van der Waals surface area contributed by atoms with E-state index in [-0.39, 0.29) is 23.5 Å². The van der Waals surface area contributed by atoms with Gasteiger partial charge in [0.25, 0.3) is 5.91 Å². The van der Waals surface area contributed by atoms with Crippen LogP contribution in [-0.2, 0) is 4.74 Å². The van der Waals surface area contributed by atoms with E-state index in [4.69, 9.17) is 10.5 Å². The van der Waals surface area contributed by atoms with Crippen molar-refractivity contribution in [3.63, 3.8) is 0 Å². The van der Waals surface area contributed by atoms with Crippen molar-refractivity contribution in [1.82, 2.24) is 19.8 Å². The van der Waals surface area contributed by atoms with Crippen LogP contribution in [0.1, 0.15) is 31.3 Å². The fourth-order valence-electron chi connectivity index (χ4n) is 2.08. The fraction of sp³-hybridized carbons (Fsp3) is 0.571. The quantitative estimate of drug-likeness (QED) is 0.821. The van der Waals surface area contributed by atoms with E-state index in [0.717, 1.165) is 0 Å². The minimum atomic E-state index is -0.530. The molecule has 0 spiro atoms. The second-order valence-electron chi connectivity index (χ2n) is 6.05. The van der Waals surface area contributed by atoms with Crippen molar-refractivity contribution in [1.29, 1.82) is 0 Å². The molecule has 2 N–H and O–H groups in total. The maximum atomic E-state index is 12.3. The topological polar surface area (TPSA) is 102 Å². The van der Waals surface area contributed by atoms with E-state index in [2.05, 4.69) is 9.97 Å². The van der Waals surface area contributed by atoms with Gasteiger partial charge in [0.1, 0.15) is 5.60 Å². The number of hydrogen-bond donors (Lipinski definition) is 1. The highest BCUT2D eigenvalue weighted by Crippen LogP contribution is 2.14. The number of nitrogens with two attached hydrogens (primary N) is 1. The summed E-state index contributed by atoms with van der Waals surface area (Å²) in [6.45, 7) is 7.12. The van der Waals surface area contributed by atoms with Crippen molar-refractivity contribution in [2.45, 2.75) is 26.4 Å². The zero-order valence-electron chi connectivity index (χ0n) is 13.1. The van der Waals surface area contributed by atoms with Crippen LogP contribution in [0.15, 0.2) is 12.4 Å². The first kappa shape index (κ1) is 16.0. The Bertz CT molecular complexity index is 562. The molecule has 0 radical (unpaired) electrons. The van der Waals surface area contributed by atoms with Crippen LogP contribution in [-0.4, -0.2) is 63.5 Å². The zero-order valence-corrected chi connectivity index (χ0v) is 13.1. The molecule has 1 fully saturated rings. The first-order valence-electron chi connectivity index (χ1n) is 7.11. The van der Waals surface area contributed by atoms with E-state index >= 15 is 0 Å². The summed E-state index contributed by atoms with van der Waals surface area (Å²) in [5.41, 5.74) is 5.28. The maximum absolute atomic E-state index is 12.3. The molecular formula is C14H21N5O3. The van der Waals surface area contributed by atoms with Gasteiger partial charge in [-0.05, 0) is 20.8 Å². The number of anilines is 1. The lowest BCUT2D eigenvalue weighted by Gasteiger charge is -2.35. The second-order valence-corrected chi connectivity index (χ2v) is 6.05. The Morgan fingerprint density at radius 2 is 1.64 bits per heavy atom. The number of ether oxygens (including phenoxy) is 1. The summed E-state index contributed by atoms with van der Waals surface area (Å²) in [7, 11) is 0. The highest BCUT2D eigenvalue weighted by Gasteiger charge is 2.29. The number of rotatable bonds is 1. The summed E-state index contributed by atoms with van der Waals surface area (Å²) in [6.07, 6.45) is 2.51. The van der Waals surface area contributed by atoms with Gasteiger partial charge in [0.15, 0.2) is 11.5 Å². The van der Waals surface area contributed by atoms with Gasteiger partial charge in [-0.1, -0.05) is 0 Å². The highest BCUT2D eigenvalue weighted by molar-refractivity contribution is 5.96. The van der Waals surface area contributed by atoms with Gasteiger partial charge in [0, 0.05) is 38.6 Å². The molecule has 0 bridgehead atoms. The van der Waals surface area contributed by atoms with Gasteiger partial charge in [0.05, 0.1) is 0 Å². The zero-order chi connectivity index (χ0) is 16.3. The number of hydrogen-bond acceptors (Lipinski definition) is 6. The van der Waals surface area contributed by atoms with Crippen LogP contribution in [0.25, 0.3) is 0 Å². The predicted octanol–water partition coefficient (Wildman–Crippen LogP) is 0.752. The van der Waals surface area contributed by atoms with Gasteiger partial charge in [-0.3, -0.25) is 4.79 Å². The van der Waals surface area contributed by atoms with Gasteiger partial charge >= 0.3 is 6.09 Å². The summed E-state index contributed by atoms with van der Waals surface area (Å²) in [6, 6.07) is 0. The largest absolute Gasteiger partial charge is 0.444 e. The molecule has 0 aliphatic carbocycles. The molecule has 22 heavy (non-hydrogen) atoms. The smallest absolute Gasteiger partial charge is 0.410 e. The van der Waals surface area contributed by atoms with Gasteiger partial charge in [-0.15, -0.1) is 0 Å². The lowest BCUT2D eigenvalue weighted by molar-refractivity contribution is 0.0140. The first-order chi connectivity index (χ1) is 10.3. The number of carbonyl (C=O) groups excluding carboxylic acids is 2. The lowest BCUT2D eigenvalue weighted by Crippen LogP contribution is -2.51. The number of piperazine rings is 1. The van der Waals surface area contributed by atoms with Crippen molar-refractivity contribution < 1.29 is 14.3 Å². The van der Waals surface area contributed by atoms with E-state index in [1.165, 1.54) is 12.4 Å². The van der Waals surface area contributed by atoms with Gasteiger partial charge < -0.3 is 20.3 Å². The molecule has 1 aromatic rings. The molecule has 8 heteroatoms. The Morgan fingerprint density at radius 3 is 2.18 bits per heavy atom. The molecule has 2 rings (SSSR count). The third kappa shape index (κ3) is 3.84. The Morgan fingerprint density at radius 1 is 1.09 bits per heavy atom. The molecule has 1 aliphatic heterocycles. The fourth-order valence-corrected chi connectivity index (χ4v) is 2.08. The molecule has 2 heterocycles. The molecule has 2 amide bonds. The van der Waals surface area contributed by atoms with Crippen molar-refractivity contribution in [3.05, 3.63) is 18.1 Å². The lowest BCUT2D eigenvalue weighted by atomic mass is 10.2. The Labute approximate surface area is 129 Å². The second kappa shape index (κ2) is 6.17. The number of nitrogen functional groups attached to an aromatic ring is 1. The van der Waals surface area contributed by atoms with Crippen LogP contribution in [0.2, 0.25) is 0 Å². The Balaban J connectivity index is 1.94. The molecule has 1 aliphatic rings. The van der Waals surface area contributed by atoms with E-state index in [1.54, 1.807) is 9.80 Å².